The molecule has 1 N–H and O–H groups in total. The average Bonchev–Trinajstić information content (AvgIpc) is 3.09. The van der Waals surface area contributed by atoms with Gasteiger partial charge in [-0.1, -0.05) is 124 Å². The molecular weight excluding hydrogens is 620 g/mol. The molecule has 5 nitrogen and oxygen atoms in total. The number of aliphatic hydroxyl groups is 1. The first-order chi connectivity index (χ1) is 24.3. The Kier molecular flexibility index (Phi) is 21.0. The zero-order valence-corrected chi connectivity index (χ0v) is 33.5. The van der Waals surface area contributed by atoms with Gasteiger partial charge in [-0.2, -0.15) is 0 Å². The second-order valence-electron chi connectivity index (χ2n) is 17.9. The molecule has 292 valence electrons. The summed E-state index contributed by atoms with van der Waals surface area (Å²) in [6.07, 6.45) is 37.7. The third-order valence-corrected chi connectivity index (χ3v) is 13.1. The highest BCUT2D eigenvalue weighted by Gasteiger charge is 2.62. The van der Waals surface area contributed by atoms with Crippen LogP contribution in [0.1, 0.15) is 226 Å². The Hall–Kier alpha value is -1.10. The van der Waals surface area contributed by atoms with Gasteiger partial charge in [0.25, 0.3) is 0 Å². The van der Waals surface area contributed by atoms with Crippen LogP contribution in [0.5, 0.6) is 0 Å². The van der Waals surface area contributed by atoms with E-state index in [1.165, 1.54) is 122 Å². The fraction of sp³-hybridized carbons (Fsp3) is 0.956. The van der Waals surface area contributed by atoms with Crippen LogP contribution in [-0.2, 0) is 19.1 Å². The Balaban J connectivity index is 1.47. The van der Waals surface area contributed by atoms with Gasteiger partial charge >= 0.3 is 11.9 Å². The topological polar surface area (TPSA) is 72.8 Å². The van der Waals surface area contributed by atoms with Crippen molar-refractivity contribution in [3.05, 3.63) is 0 Å². The van der Waals surface area contributed by atoms with Crippen LogP contribution in [0.2, 0.25) is 0 Å². The third kappa shape index (κ3) is 15.5. The molecule has 5 atom stereocenters. The fourth-order valence-corrected chi connectivity index (χ4v) is 11.4. The highest BCUT2D eigenvalue weighted by molar-refractivity contribution is 5.72. The minimum atomic E-state index is -0.00956. The fourth-order valence-electron chi connectivity index (χ4n) is 11.4. The minimum Gasteiger partial charge on any atom is -0.466 e. The first kappa shape index (κ1) is 43.3. The zero-order valence-electron chi connectivity index (χ0n) is 33.5. The van der Waals surface area contributed by atoms with Gasteiger partial charge in [-0.3, -0.25) is 9.59 Å². The smallest absolute Gasteiger partial charge is 0.308 e. The molecule has 0 saturated heterocycles. The molecule has 0 aliphatic heterocycles. The third-order valence-electron chi connectivity index (χ3n) is 13.1. The Morgan fingerprint density at radius 3 is 1.48 bits per heavy atom. The van der Waals surface area contributed by atoms with Gasteiger partial charge in [0.15, 0.2) is 0 Å². The number of carbonyl (C=O) groups is 2. The van der Waals surface area contributed by atoms with Gasteiger partial charge in [0.1, 0.15) is 0 Å². The van der Waals surface area contributed by atoms with Crippen molar-refractivity contribution in [1.82, 2.24) is 0 Å². The highest BCUT2D eigenvalue weighted by atomic mass is 16.5. The molecule has 4 fully saturated rings. The van der Waals surface area contributed by atoms with Crippen LogP contribution >= 0.6 is 0 Å². The van der Waals surface area contributed by atoms with Gasteiger partial charge in [0, 0.05) is 13.0 Å². The molecule has 0 radical (unpaired) electrons. The van der Waals surface area contributed by atoms with E-state index in [1.54, 1.807) is 0 Å². The van der Waals surface area contributed by atoms with Crippen LogP contribution in [-0.4, -0.2) is 36.9 Å². The van der Waals surface area contributed by atoms with E-state index >= 15 is 0 Å². The van der Waals surface area contributed by atoms with Crippen molar-refractivity contribution in [3.63, 3.8) is 0 Å². The van der Waals surface area contributed by atoms with Gasteiger partial charge in [-0.25, -0.2) is 0 Å². The molecule has 0 amide bonds. The first-order valence-electron chi connectivity index (χ1n) is 22.3. The average molecular weight is 703 g/mol. The normalized spacial score (nSPS) is 26.0. The quantitative estimate of drug-likeness (QED) is 0.0558. The molecule has 0 heterocycles. The van der Waals surface area contributed by atoms with Crippen LogP contribution < -0.4 is 0 Å². The van der Waals surface area contributed by atoms with Crippen molar-refractivity contribution >= 4 is 11.9 Å². The van der Waals surface area contributed by atoms with E-state index in [-0.39, 0.29) is 24.5 Å². The van der Waals surface area contributed by atoms with Gasteiger partial charge in [0.2, 0.25) is 0 Å². The van der Waals surface area contributed by atoms with Crippen molar-refractivity contribution in [2.24, 2.45) is 28.1 Å². The first-order valence-corrected chi connectivity index (χ1v) is 22.3. The monoisotopic (exact) mass is 703 g/mol. The maximum Gasteiger partial charge on any atom is 0.308 e. The van der Waals surface area contributed by atoms with Gasteiger partial charge in [0.05, 0.1) is 19.1 Å². The maximum atomic E-state index is 13.4. The molecule has 50 heavy (non-hydrogen) atoms. The molecule has 4 rings (SSSR count). The largest absolute Gasteiger partial charge is 0.466 e. The molecule has 0 aromatic heterocycles. The lowest BCUT2D eigenvalue weighted by Crippen LogP contribution is -2.57. The van der Waals surface area contributed by atoms with Crippen molar-refractivity contribution in [2.75, 3.05) is 19.8 Å². The number of esters is 2. The number of hydrogen-bond donors (Lipinski definition) is 1. The summed E-state index contributed by atoms with van der Waals surface area (Å²) in [5.74, 6) is 0.909. The molecule has 4 bridgehead atoms. The summed E-state index contributed by atoms with van der Waals surface area (Å²) in [5, 5.41) is 9.80. The van der Waals surface area contributed by atoms with E-state index in [0.29, 0.717) is 35.9 Å². The second kappa shape index (κ2) is 24.3. The number of rotatable bonds is 32. The summed E-state index contributed by atoms with van der Waals surface area (Å²) in [7, 11) is 0. The number of carbonyl (C=O) groups excluding carboxylic acids is 2. The van der Waals surface area contributed by atoms with E-state index in [0.717, 1.165) is 83.0 Å². The molecule has 1 unspecified atom stereocenters. The molecule has 0 aromatic carbocycles. The zero-order chi connectivity index (χ0) is 36.0. The Morgan fingerprint density at radius 2 is 0.980 bits per heavy atom. The van der Waals surface area contributed by atoms with Crippen molar-refractivity contribution in [2.45, 2.75) is 226 Å². The summed E-state index contributed by atoms with van der Waals surface area (Å²) < 4.78 is 11.8. The number of unbranched alkanes of at least 4 members (excludes halogenated alkanes) is 14. The van der Waals surface area contributed by atoms with Gasteiger partial charge in [-0.15, -0.1) is 0 Å². The number of ether oxygens (including phenoxy) is 2. The maximum absolute atomic E-state index is 13.4. The van der Waals surface area contributed by atoms with Gasteiger partial charge in [-0.05, 0) is 118 Å². The van der Waals surface area contributed by atoms with Gasteiger partial charge < -0.3 is 14.6 Å². The lowest BCUT2D eigenvalue weighted by Gasteiger charge is -2.67. The molecule has 4 saturated carbocycles. The highest BCUT2D eigenvalue weighted by Crippen LogP contribution is 2.73. The molecule has 0 spiro atoms. The summed E-state index contributed by atoms with van der Waals surface area (Å²) in [4.78, 5) is 25.8. The molecular formula is C45H82O5. The molecule has 0 aromatic rings. The predicted octanol–water partition coefficient (Wildman–Crippen LogP) is 12.8. The Bertz CT molecular complexity index is 919. The second-order valence-corrected chi connectivity index (χ2v) is 17.9. The minimum absolute atomic E-state index is 0.00956. The van der Waals surface area contributed by atoms with Crippen molar-refractivity contribution < 1.29 is 24.2 Å². The van der Waals surface area contributed by atoms with E-state index in [4.69, 9.17) is 9.47 Å². The van der Waals surface area contributed by atoms with Crippen LogP contribution in [0.25, 0.3) is 0 Å². The number of hydrogen-bond acceptors (Lipinski definition) is 5. The molecule has 4 aliphatic rings. The van der Waals surface area contributed by atoms with Crippen LogP contribution in [0.15, 0.2) is 0 Å². The lowest BCUT2D eigenvalue weighted by atomic mass is 9.37. The molecule has 5 heteroatoms. The lowest BCUT2D eigenvalue weighted by molar-refractivity contribution is -0.172. The Labute approximate surface area is 309 Å². The van der Waals surface area contributed by atoms with Crippen LogP contribution in [0.4, 0.5) is 0 Å². The Morgan fingerprint density at radius 1 is 0.560 bits per heavy atom. The summed E-state index contributed by atoms with van der Waals surface area (Å²) in [5.41, 5.74) is 1.04. The summed E-state index contributed by atoms with van der Waals surface area (Å²) in [6.45, 7) is 8.18. The standard InChI is InChI=1S/C45H82O5/c1-4-7-10-13-15-17-20-26-41(47)49-31-22-28-44-34-39-33-43(36-44,27-21-30-46)37-45(35-39,38-44)29-23-32-50-42(48)40(24-18-12-9-6-3)25-19-16-14-11-8-5-2/h39-40,46H,4-38H2,1-3H3/t39-,40?,43+,44-,45+/m1/s1. The summed E-state index contributed by atoms with van der Waals surface area (Å²) >= 11 is 0. The van der Waals surface area contributed by atoms with E-state index in [1.807, 2.05) is 0 Å². The van der Waals surface area contributed by atoms with Crippen molar-refractivity contribution in [1.29, 1.82) is 0 Å². The van der Waals surface area contributed by atoms with Crippen molar-refractivity contribution in [3.8, 4) is 0 Å². The van der Waals surface area contributed by atoms with Crippen LogP contribution in [0, 0.1) is 28.1 Å². The molecule has 4 aliphatic carbocycles. The van der Waals surface area contributed by atoms with E-state index in [9.17, 15) is 14.7 Å². The van der Waals surface area contributed by atoms with E-state index in [2.05, 4.69) is 20.8 Å². The van der Waals surface area contributed by atoms with E-state index < -0.39 is 0 Å². The number of aliphatic hydroxyl groups excluding tert-OH is 1. The van der Waals surface area contributed by atoms with Crippen LogP contribution in [0.3, 0.4) is 0 Å². The summed E-state index contributed by atoms with van der Waals surface area (Å²) in [6, 6.07) is 0. The predicted molar refractivity (Wildman–Crippen MR) is 208 cm³/mol. The SMILES string of the molecule is CCCCCCCCCC(=O)OCCC[C@@]12C[C@H]3C[C@@](CCCO)(C1)C[C@](CCCOC(=O)C(CCCCCC)CCCCCCCC)(C3)C2.